The Morgan fingerprint density at radius 3 is 2.68 bits per heavy atom. The minimum Gasteiger partial charge on any atom is -0.464 e. The van der Waals surface area contributed by atoms with E-state index in [1.807, 2.05) is 49.4 Å². The molecule has 0 aliphatic heterocycles. The average Bonchev–Trinajstić information content (AvgIpc) is 2.95. The van der Waals surface area contributed by atoms with E-state index in [1.165, 1.54) is 6.92 Å². The molecule has 25 heavy (non-hydrogen) atoms. The molecule has 3 rings (SSSR count). The van der Waals surface area contributed by atoms with Crippen molar-refractivity contribution in [3.8, 4) is 0 Å². The molecule has 0 saturated carbocycles. The molecule has 0 fully saturated rings. The van der Waals surface area contributed by atoms with Crippen molar-refractivity contribution in [2.24, 2.45) is 0 Å². The zero-order valence-electron chi connectivity index (χ0n) is 14.0. The van der Waals surface area contributed by atoms with Gasteiger partial charge in [-0.3, -0.25) is 4.79 Å². The summed E-state index contributed by atoms with van der Waals surface area (Å²) < 4.78 is 7.27. The van der Waals surface area contributed by atoms with Gasteiger partial charge in [0.1, 0.15) is 6.61 Å². The number of hydrogen-bond donors (Lipinski definition) is 1. The van der Waals surface area contributed by atoms with Crippen molar-refractivity contribution in [2.45, 2.75) is 29.7 Å². The molecule has 2 aromatic carbocycles. The fraction of sp³-hybridized carbons (Fsp3) is 0.211. The van der Waals surface area contributed by atoms with Crippen LogP contribution in [0.3, 0.4) is 0 Å². The van der Waals surface area contributed by atoms with Gasteiger partial charge in [-0.15, -0.1) is 0 Å². The highest BCUT2D eigenvalue weighted by Crippen LogP contribution is 2.39. The Balaban J connectivity index is 2.00. The average molecular weight is 375 g/mol. The highest BCUT2D eigenvalue weighted by atomic mass is 35.5. The Morgan fingerprint density at radius 1 is 1.28 bits per heavy atom. The number of esters is 1. The second-order valence-electron chi connectivity index (χ2n) is 5.85. The maximum absolute atomic E-state index is 11.1. The lowest BCUT2D eigenvalue weighted by Gasteiger charge is -2.15. The molecule has 2 N–H and O–H groups in total. The van der Waals surface area contributed by atoms with Crippen LogP contribution in [0.4, 0.5) is 5.69 Å². The predicted octanol–water partition coefficient (Wildman–Crippen LogP) is 5.15. The number of aromatic nitrogens is 1. The first-order valence-electron chi connectivity index (χ1n) is 7.91. The van der Waals surface area contributed by atoms with Crippen molar-refractivity contribution in [3.05, 3.63) is 53.7 Å². The summed E-state index contributed by atoms with van der Waals surface area (Å²) in [4.78, 5) is 13.2. The number of fused-ring (bicyclic) bond motifs is 1. The predicted molar refractivity (Wildman–Crippen MR) is 103 cm³/mol. The molecule has 0 spiro atoms. The van der Waals surface area contributed by atoms with Gasteiger partial charge in [-0.2, -0.15) is 0 Å². The summed E-state index contributed by atoms with van der Waals surface area (Å²) in [6, 6.07) is 13.6. The third-order valence-electron chi connectivity index (χ3n) is 3.90. The monoisotopic (exact) mass is 374 g/mol. The van der Waals surface area contributed by atoms with Crippen molar-refractivity contribution in [1.82, 2.24) is 4.57 Å². The summed E-state index contributed by atoms with van der Waals surface area (Å²) in [5, 5.41) is 1.72. The highest BCUT2D eigenvalue weighted by Gasteiger charge is 2.16. The van der Waals surface area contributed by atoms with Gasteiger partial charge in [0.05, 0.1) is 11.6 Å². The quantitative estimate of drug-likeness (QED) is 0.495. The van der Waals surface area contributed by atoms with Gasteiger partial charge in [0.15, 0.2) is 0 Å². The standard InChI is InChI=1S/C19H19ClN2O2S/c1-12(11-24-13(2)23)22-10-18(19-16(21)4-3-5-17(19)22)25-15-8-6-14(20)7-9-15/h3-10,12H,11,21H2,1-2H3. The molecule has 0 saturated heterocycles. The van der Waals surface area contributed by atoms with Crippen LogP contribution in [-0.4, -0.2) is 17.1 Å². The molecule has 3 aromatic rings. The van der Waals surface area contributed by atoms with E-state index in [0.717, 1.165) is 26.4 Å². The molecular weight excluding hydrogens is 356 g/mol. The Bertz CT molecular complexity index is 906. The van der Waals surface area contributed by atoms with E-state index in [4.69, 9.17) is 22.1 Å². The van der Waals surface area contributed by atoms with Crippen molar-refractivity contribution < 1.29 is 9.53 Å². The topological polar surface area (TPSA) is 57.2 Å². The lowest BCUT2D eigenvalue weighted by atomic mass is 10.2. The summed E-state index contributed by atoms with van der Waals surface area (Å²) in [7, 11) is 0. The molecule has 1 atom stereocenters. The number of nitrogens with two attached hydrogens (primary N) is 1. The molecular formula is C19H19ClN2O2S. The van der Waals surface area contributed by atoms with E-state index in [-0.39, 0.29) is 12.0 Å². The number of ether oxygens (including phenoxy) is 1. The number of benzene rings is 2. The van der Waals surface area contributed by atoms with Crippen LogP contribution in [0.15, 0.2) is 58.5 Å². The van der Waals surface area contributed by atoms with E-state index in [2.05, 4.69) is 10.8 Å². The van der Waals surface area contributed by atoms with Crippen LogP contribution < -0.4 is 5.73 Å². The Kier molecular flexibility index (Phi) is 5.25. The largest absolute Gasteiger partial charge is 0.464 e. The van der Waals surface area contributed by atoms with Gasteiger partial charge in [0.2, 0.25) is 0 Å². The molecule has 0 bridgehead atoms. The minimum atomic E-state index is -0.279. The van der Waals surface area contributed by atoms with E-state index < -0.39 is 0 Å². The molecule has 6 heteroatoms. The van der Waals surface area contributed by atoms with E-state index in [0.29, 0.717) is 11.6 Å². The smallest absolute Gasteiger partial charge is 0.302 e. The number of nitrogen functional groups attached to an aromatic ring is 1. The number of rotatable bonds is 5. The fourth-order valence-corrected chi connectivity index (χ4v) is 3.83. The van der Waals surface area contributed by atoms with E-state index >= 15 is 0 Å². The first-order chi connectivity index (χ1) is 12.0. The lowest BCUT2D eigenvalue weighted by Crippen LogP contribution is -2.13. The molecule has 130 valence electrons. The summed E-state index contributed by atoms with van der Waals surface area (Å²) >= 11 is 7.60. The van der Waals surface area contributed by atoms with Crippen molar-refractivity contribution in [3.63, 3.8) is 0 Å². The van der Waals surface area contributed by atoms with Gasteiger partial charge >= 0.3 is 5.97 Å². The van der Waals surface area contributed by atoms with Crippen molar-refractivity contribution in [1.29, 1.82) is 0 Å². The number of nitrogens with zero attached hydrogens (tertiary/aromatic N) is 1. The van der Waals surface area contributed by atoms with Crippen LogP contribution >= 0.6 is 23.4 Å². The SMILES string of the molecule is CC(=O)OCC(C)n1cc(Sc2ccc(Cl)cc2)c2c(N)cccc21. The summed E-state index contributed by atoms with van der Waals surface area (Å²) in [5.41, 5.74) is 7.99. The number of anilines is 1. The van der Waals surface area contributed by atoms with Gasteiger partial charge in [-0.05, 0) is 43.3 Å². The molecule has 0 amide bonds. The third kappa shape index (κ3) is 3.94. The number of hydrogen-bond acceptors (Lipinski definition) is 4. The van der Waals surface area contributed by atoms with Crippen molar-refractivity contribution >= 4 is 45.9 Å². The number of halogens is 1. The van der Waals surface area contributed by atoms with Crippen LogP contribution in [0.2, 0.25) is 5.02 Å². The van der Waals surface area contributed by atoms with Crippen LogP contribution in [0, 0.1) is 0 Å². The minimum absolute atomic E-state index is 0.00719. The van der Waals surface area contributed by atoms with Crippen LogP contribution in [-0.2, 0) is 9.53 Å². The van der Waals surface area contributed by atoms with Crippen LogP contribution in [0.1, 0.15) is 19.9 Å². The maximum atomic E-state index is 11.1. The Hall–Kier alpha value is -2.11. The normalized spacial score (nSPS) is 12.3. The van der Waals surface area contributed by atoms with Crippen LogP contribution in [0.5, 0.6) is 0 Å². The van der Waals surface area contributed by atoms with E-state index in [1.54, 1.807) is 11.8 Å². The third-order valence-corrected chi connectivity index (χ3v) is 5.19. The zero-order valence-corrected chi connectivity index (χ0v) is 15.6. The first-order valence-corrected chi connectivity index (χ1v) is 9.11. The summed E-state index contributed by atoms with van der Waals surface area (Å²) in [6.45, 7) is 3.75. The molecule has 1 heterocycles. The number of carbonyl (C=O) groups is 1. The van der Waals surface area contributed by atoms with Gasteiger partial charge in [-0.25, -0.2) is 0 Å². The molecule has 0 aliphatic carbocycles. The molecule has 0 radical (unpaired) electrons. The van der Waals surface area contributed by atoms with Crippen LogP contribution in [0.25, 0.3) is 10.9 Å². The molecule has 1 unspecified atom stereocenters. The zero-order chi connectivity index (χ0) is 18.0. The second kappa shape index (κ2) is 7.42. The Morgan fingerprint density at radius 2 is 2.00 bits per heavy atom. The molecule has 0 aliphatic rings. The maximum Gasteiger partial charge on any atom is 0.302 e. The van der Waals surface area contributed by atoms with Crippen molar-refractivity contribution in [2.75, 3.05) is 12.3 Å². The van der Waals surface area contributed by atoms with Gasteiger partial charge < -0.3 is 15.0 Å². The number of carbonyl (C=O) groups excluding carboxylic acids is 1. The van der Waals surface area contributed by atoms with Gasteiger partial charge in [0, 0.05) is 39.0 Å². The summed E-state index contributed by atoms with van der Waals surface area (Å²) in [5.74, 6) is -0.279. The summed E-state index contributed by atoms with van der Waals surface area (Å²) in [6.07, 6.45) is 2.06. The molecule has 1 aromatic heterocycles. The van der Waals surface area contributed by atoms with Gasteiger partial charge in [0.25, 0.3) is 0 Å². The lowest BCUT2D eigenvalue weighted by molar-refractivity contribution is -0.141. The fourth-order valence-electron chi connectivity index (χ4n) is 2.69. The van der Waals surface area contributed by atoms with E-state index in [9.17, 15) is 4.79 Å². The second-order valence-corrected chi connectivity index (χ2v) is 7.40. The molecule has 4 nitrogen and oxygen atoms in total. The first kappa shape index (κ1) is 17.7. The Labute approximate surface area is 155 Å². The highest BCUT2D eigenvalue weighted by molar-refractivity contribution is 7.99. The van der Waals surface area contributed by atoms with Gasteiger partial charge in [-0.1, -0.05) is 29.4 Å².